The topological polar surface area (TPSA) is 17.1 Å². The molecular weight excluding hydrogens is 257 g/mol. The van der Waals surface area contributed by atoms with Gasteiger partial charge in [-0.2, -0.15) is 8.78 Å². The fourth-order valence-corrected chi connectivity index (χ4v) is 1.19. The number of hydrogen-bond acceptors (Lipinski definition) is 1. The van der Waals surface area contributed by atoms with E-state index < -0.39 is 11.7 Å². The molecular formula is C11H12Cl2F2O. The quantitative estimate of drug-likeness (QED) is 0.701. The van der Waals surface area contributed by atoms with E-state index in [9.17, 15) is 13.6 Å². The number of benzene rings is 1. The van der Waals surface area contributed by atoms with Crippen LogP contribution in [0.25, 0.3) is 0 Å². The lowest BCUT2D eigenvalue weighted by Crippen LogP contribution is -2.24. The van der Waals surface area contributed by atoms with Crippen LogP contribution >= 0.6 is 23.2 Å². The smallest absolute Gasteiger partial charge is 0.287 e. The molecule has 90 valence electrons. The van der Waals surface area contributed by atoms with Gasteiger partial charge in [0.05, 0.1) is 10.0 Å². The predicted molar refractivity (Wildman–Crippen MR) is 62.8 cm³/mol. The van der Waals surface area contributed by atoms with E-state index in [0.29, 0.717) is 6.92 Å². The molecule has 0 atom stereocenters. The third-order valence-corrected chi connectivity index (χ3v) is 2.32. The summed E-state index contributed by atoms with van der Waals surface area (Å²) in [6, 6.07) is 3.65. The molecule has 0 N–H and O–H groups in total. The summed E-state index contributed by atoms with van der Waals surface area (Å²) in [5.41, 5.74) is -0.146. The van der Waals surface area contributed by atoms with Gasteiger partial charge in [-0.3, -0.25) is 4.79 Å². The maximum absolute atomic E-state index is 12.6. The number of hydrogen-bond donors (Lipinski definition) is 0. The largest absolute Gasteiger partial charge is 0.307 e. The molecule has 0 heterocycles. The van der Waals surface area contributed by atoms with Crippen LogP contribution in [0.2, 0.25) is 10.0 Å². The number of ketones is 1. The molecule has 1 aromatic carbocycles. The molecule has 0 saturated heterocycles. The Morgan fingerprint density at radius 1 is 1.19 bits per heavy atom. The van der Waals surface area contributed by atoms with Crippen LogP contribution in [0.4, 0.5) is 8.78 Å². The molecule has 0 aliphatic rings. The van der Waals surface area contributed by atoms with E-state index in [-0.39, 0.29) is 15.6 Å². The summed E-state index contributed by atoms with van der Waals surface area (Å²) in [6.45, 7) is 4.54. The molecule has 0 amide bonds. The molecule has 1 aromatic rings. The zero-order chi connectivity index (χ0) is 12.9. The maximum Gasteiger partial charge on any atom is 0.307 e. The molecule has 0 saturated carbocycles. The minimum atomic E-state index is -3.39. The summed E-state index contributed by atoms with van der Waals surface area (Å²) in [7, 11) is 0. The van der Waals surface area contributed by atoms with Gasteiger partial charge in [0.25, 0.3) is 0 Å². The average Bonchev–Trinajstić information content (AvgIpc) is 2.23. The van der Waals surface area contributed by atoms with Crippen molar-refractivity contribution >= 4 is 29.0 Å². The Morgan fingerprint density at radius 3 is 2.06 bits per heavy atom. The molecule has 0 unspecified atom stereocenters. The number of Topliss-reactive ketones (excluding diaryl/α,β-unsaturated/α-hetero) is 1. The standard InChI is InChI=1S/C9H6Cl2F2O.C2H6/c1-9(12,13)8(14)5-2-3-6(10)7(11)4-5;1-2/h2-4H,1H3;1-2H3. The summed E-state index contributed by atoms with van der Waals surface area (Å²) in [4.78, 5) is 11.1. The van der Waals surface area contributed by atoms with E-state index in [2.05, 4.69) is 0 Å². The Bertz CT molecular complexity index is 373. The highest BCUT2D eigenvalue weighted by molar-refractivity contribution is 6.42. The van der Waals surface area contributed by atoms with Gasteiger partial charge in [-0.15, -0.1) is 0 Å². The molecule has 16 heavy (non-hydrogen) atoms. The number of alkyl halides is 2. The zero-order valence-corrected chi connectivity index (χ0v) is 10.7. The highest BCUT2D eigenvalue weighted by Gasteiger charge is 2.33. The molecule has 1 rings (SSSR count). The van der Waals surface area contributed by atoms with Gasteiger partial charge in [-0.25, -0.2) is 0 Å². The Balaban J connectivity index is 0.00000106. The van der Waals surface area contributed by atoms with E-state index in [1.165, 1.54) is 12.1 Å². The second-order valence-electron chi connectivity index (χ2n) is 2.85. The van der Waals surface area contributed by atoms with Crippen LogP contribution in [0.5, 0.6) is 0 Å². The predicted octanol–water partition coefficient (Wildman–Crippen LogP) is 4.86. The minimum Gasteiger partial charge on any atom is -0.287 e. The molecule has 0 bridgehead atoms. The molecule has 0 aliphatic carbocycles. The average molecular weight is 269 g/mol. The van der Waals surface area contributed by atoms with Crippen molar-refractivity contribution in [1.82, 2.24) is 0 Å². The first-order valence-electron chi connectivity index (χ1n) is 4.70. The van der Waals surface area contributed by atoms with E-state index in [0.717, 1.165) is 6.07 Å². The molecule has 5 heteroatoms. The third kappa shape index (κ3) is 4.06. The summed E-state index contributed by atoms with van der Waals surface area (Å²) in [5.74, 6) is -4.66. The molecule has 1 nitrogen and oxygen atoms in total. The van der Waals surface area contributed by atoms with Crippen LogP contribution in [-0.4, -0.2) is 11.7 Å². The van der Waals surface area contributed by atoms with Gasteiger partial charge in [0.15, 0.2) is 0 Å². The summed E-state index contributed by atoms with van der Waals surface area (Å²) < 4.78 is 25.2. The van der Waals surface area contributed by atoms with E-state index >= 15 is 0 Å². The molecule has 0 aliphatic heterocycles. The van der Waals surface area contributed by atoms with Crippen LogP contribution in [0, 0.1) is 0 Å². The van der Waals surface area contributed by atoms with Crippen molar-refractivity contribution in [3.63, 3.8) is 0 Å². The van der Waals surface area contributed by atoms with Crippen molar-refractivity contribution in [2.24, 2.45) is 0 Å². The van der Waals surface area contributed by atoms with Gasteiger partial charge in [0.1, 0.15) is 0 Å². The van der Waals surface area contributed by atoms with E-state index in [1.807, 2.05) is 13.8 Å². The first kappa shape index (κ1) is 15.3. The van der Waals surface area contributed by atoms with Crippen LogP contribution in [0.3, 0.4) is 0 Å². The highest BCUT2D eigenvalue weighted by Crippen LogP contribution is 2.26. The highest BCUT2D eigenvalue weighted by atomic mass is 35.5. The lowest BCUT2D eigenvalue weighted by Gasteiger charge is -2.08. The number of carbonyl (C=O) groups is 1. The zero-order valence-electron chi connectivity index (χ0n) is 9.15. The van der Waals surface area contributed by atoms with E-state index in [1.54, 1.807) is 0 Å². The summed E-state index contributed by atoms with van der Waals surface area (Å²) >= 11 is 11.1. The van der Waals surface area contributed by atoms with Crippen molar-refractivity contribution in [3.05, 3.63) is 33.8 Å². The van der Waals surface area contributed by atoms with Crippen molar-refractivity contribution in [3.8, 4) is 0 Å². The molecule has 0 spiro atoms. The second kappa shape index (κ2) is 6.16. The van der Waals surface area contributed by atoms with Gasteiger partial charge in [0.2, 0.25) is 5.78 Å². The molecule has 0 fully saturated rings. The Morgan fingerprint density at radius 2 is 1.69 bits per heavy atom. The maximum atomic E-state index is 12.6. The van der Waals surface area contributed by atoms with Crippen LogP contribution in [-0.2, 0) is 0 Å². The minimum absolute atomic E-state index is 0.0850. The SMILES string of the molecule is CC.CC(F)(F)C(=O)c1ccc(Cl)c(Cl)c1. The van der Waals surface area contributed by atoms with Crippen LogP contribution < -0.4 is 0 Å². The Hall–Kier alpha value is -0.670. The number of rotatable bonds is 2. The fraction of sp³-hybridized carbons (Fsp3) is 0.364. The van der Waals surface area contributed by atoms with Gasteiger partial charge in [-0.05, 0) is 18.2 Å². The number of carbonyl (C=O) groups excluding carboxylic acids is 1. The summed E-state index contributed by atoms with van der Waals surface area (Å²) in [5, 5.41) is 0.310. The molecule has 0 radical (unpaired) electrons. The van der Waals surface area contributed by atoms with Crippen LogP contribution in [0.1, 0.15) is 31.1 Å². The summed E-state index contributed by atoms with van der Waals surface area (Å²) in [6.07, 6.45) is 0. The van der Waals surface area contributed by atoms with Crippen molar-refractivity contribution in [2.75, 3.05) is 0 Å². The first-order valence-corrected chi connectivity index (χ1v) is 5.45. The Labute approximate surface area is 103 Å². The monoisotopic (exact) mass is 268 g/mol. The van der Waals surface area contributed by atoms with Crippen molar-refractivity contribution < 1.29 is 13.6 Å². The van der Waals surface area contributed by atoms with Gasteiger partial charge < -0.3 is 0 Å². The van der Waals surface area contributed by atoms with Gasteiger partial charge in [0, 0.05) is 12.5 Å². The number of halogens is 4. The van der Waals surface area contributed by atoms with Gasteiger partial charge in [-0.1, -0.05) is 37.0 Å². The second-order valence-corrected chi connectivity index (χ2v) is 3.66. The fourth-order valence-electron chi connectivity index (χ4n) is 0.891. The molecule has 0 aromatic heterocycles. The van der Waals surface area contributed by atoms with Crippen LogP contribution in [0.15, 0.2) is 18.2 Å². The normalized spacial score (nSPS) is 10.4. The van der Waals surface area contributed by atoms with Crippen molar-refractivity contribution in [2.45, 2.75) is 26.7 Å². The lowest BCUT2D eigenvalue weighted by atomic mass is 10.1. The Kier molecular flexibility index (Phi) is 5.90. The van der Waals surface area contributed by atoms with Gasteiger partial charge >= 0.3 is 5.92 Å². The third-order valence-electron chi connectivity index (χ3n) is 1.58. The first-order chi connectivity index (χ1) is 7.32. The lowest BCUT2D eigenvalue weighted by molar-refractivity contribution is 0.0221. The van der Waals surface area contributed by atoms with Crippen molar-refractivity contribution in [1.29, 1.82) is 0 Å². The van der Waals surface area contributed by atoms with E-state index in [4.69, 9.17) is 23.2 Å².